The summed E-state index contributed by atoms with van der Waals surface area (Å²) >= 11 is 9.54. The zero-order chi connectivity index (χ0) is 12.3. The van der Waals surface area contributed by atoms with Gasteiger partial charge in [0.15, 0.2) is 0 Å². The predicted molar refractivity (Wildman–Crippen MR) is 76.9 cm³/mol. The Morgan fingerprint density at radius 2 is 2.12 bits per heavy atom. The summed E-state index contributed by atoms with van der Waals surface area (Å²) in [7, 11) is -0.589. The van der Waals surface area contributed by atoms with E-state index in [2.05, 4.69) is 21.2 Å². The van der Waals surface area contributed by atoms with Gasteiger partial charge in [-0.1, -0.05) is 33.6 Å². The molecule has 1 heterocycles. The molecule has 2 nitrogen and oxygen atoms in total. The van der Waals surface area contributed by atoms with Gasteiger partial charge < -0.3 is 5.32 Å². The number of nitrogens with one attached hydrogen (secondary N) is 1. The quantitative estimate of drug-likeness (QED) is 0.919. The maximum absolute atomic E-state index is 11.2. The van der Waals surface area contributed by atoms with Crippen molar-refractivity contribution in [2.75, 3.05) is 11.5 Å². The van der Waals surface area contributed by atoms with Gasteiger partial charge in [0, 0.05) is 44.4 Å². The summed E-state index contributed by atoms with van der Waals surface area (Å²) in [5, 5.41) is 4.27. The smallest absolute Gasteiger partial charge is 0.0462 e. The van der Waals surface area contributed by atoms with Crippen molar-refractivity contribution in [1.29, 1.82) is 0 Å². The number of halogens is 2. The summed E-state index contributed by atoms with van der Waals surface area (Å²) in [6, 6.07) is 6.42. The third-order valence-electron chi connectivity index (χ3n) is 2.98. The Morgan fingerprint density at radius 3 is 2.76 bits per heavy atom. The highest BCUT2D eigenvalue weighted by atomic mass is 79.9. The van der Waals surface area contributed by atoms with Crippen LogP contribution in [0.4, 0.5) is 0 Å². The van der Waals surface area contributed by atoms with E-state index in [1.807, 2.05) is 18.2 Å². The second kappa shape index (κ2) is 6.32. The van der Waals surface area contributed by atoms with Crippen molar-refractivity contribution in [3.8, 4) is 0 Å². The van der Waals surface area contributed by atoms with Gasteiger partial charge >= 0.3 is 0 Å². The number of benzene rings is 1. The Labute approximate surface area is 118 Å². The zero-order valence-corrected chi connectivity index (χ0v) is 12.6. The molecule has 1 aliphatic rings. The van der Waals surface area contributed by atoms with Gasteiger partial charge in [-0.3, -0.25) is 4.21 Å². The van der Waals surface area contributed by atoms with Crippen molar-refractivity contribution in [2.45, 2.75) is 25.4 Å². The lowest BCUT2D eigenvalue weighted by molar-refractivity contribution is 0.475. The lowest BCUT2D eigenvalue weighted by Crippen LogP contribution is -2.35. The molecular weight excluding hydrogens is 322 g/mol. The third kappa shape index (κ3) is 4.05. The van der Waals surface area contributed by atoms with E-state index in [0.717, 1.165) is 46.0 Å². The first kappa shape index (κ1) is 13.5. The summed E-state index contributed by atoms with van der Waals surface area (Å²) in [6.45, 7) is 0.781. The molecule has 5 heteroatoms. The highest BCUT2D eigenvalue weighted by Crippen LogP contribution is 2.21. The van der Waals surface area contributed by atoms with Gasteiger partial charge in [-0.25, -0.2) is 0 Å². The van der Waals surface area contributed by atoms with E-state index >= 15 is 0 Å². The van der Waals surface area contributed by atoms with E-state index in [9.17, 15) is 4.21 Å². The minimum absolute atomic E-state index is 0.479. The highest BCUT2D eigenvalue weighted by Gasteiger charge is 2.17. The van der Waals surface area contributed by atoms with Gasteiger partial charge in [0.05, 0.1) is 0 Å². The van der Waals surface area contributed by atoms with Crippen LogP contribution in [-0.4, -0.2) is 21.8 Å². The van der Waals surface area contributed by atoms with Crippen molar-refractivity contribution in [2.24, 2.45) is 0 Å². The zero-order valence-electron chi connectivity index (χ0n) is 9.42. The fourth-order valence-corrected chi connectivity index (χ4v) is 3.96. The van der Waals surface area contributed by atoms with Gasteiger partial charge in [0.2, 0.25) is 0 Å². The monoisotopic (exact) mass is 335 g/mol. The van der Waals surface area contributed by atoms with Crippen molar-refractivity contribution >= 4 is 38.3 Å². The minimum atomic E-state index is -0.589. The Kier molecular flexibility index (Phi) is 5.03. The van der Waals surface area contributed by atoms with E-state index in [-0.39, 0.29) is 0 Å². The summed E-state index contributed by atoms with van der Waals surface area (Å²) in [4.78, 5) is 0. The van der Waals surface area contributed by atoms with Crippen LogP contribution in [0.25, 0.3) is 0 Å². The van der Waals surface area contributed by atoms with Crippen LogP contribution in [-0.2, 0) is 17.3 Å². The Morgan fingerprint density at radius 1 is 1.41 bits per heavy atom. The number of hydrogen-bond donors (Lipinski definition) is 1. The molecule has 0 atom stereocenters. The van der Waals surface area contributed by atoms with Crippen LogP contribution < -0.4 is 5.32 Å². The molecule has 0 amide bonds. The van der Waals surface area contributed by atoms with E-state index in [0.29, 0.717) is 6.04 Å². The molecule has 1 N–H and O–H groups in total. The SMILES string of the molecule is O=S1CCC(NCc2ccc(Br)cc2Cl)CC1. The molecule has 0 radical (unpaired) electrons. The summed E-state index contributed by atoms with van der Waals surface area (Å²) in [6.07, 6.45) is 2.00. The van der Waals surface area contributed by atoms with Crippen LogP contribution in [0.2, 0.25) is 5.02 Å². The van der Waals surface area contributed by atoms with Gasteiger partial charge in [0.25, 0.3) is 0 Å². The molecule has 0 unspecified atom stereocenters. The normalized spacial score (nSPS) is 24.8. The molecule has 17 heavy (non-hydrogen) atoms. The number of rotatable bonds is 3. The maximum Gasteiger partial charge on any atom is 0.0462 e. The standard InChI is InChI=1S/C12H15BrClNOS/c13-10-2-1-9(12(14)7-10)8-15-11-3-5-17(16)6-4-11/h1-2,7,11,15H,3-6,8H2. The molecule has 0 bridgehead atoms. The Balaban J connectivity index is 1.87. The van der Waals surface area contributed by atoms with Gasteiger partial charge in [-0.05, 0) is 30.5 Å². The van der Waals surface area contributed by atoms with Gasteiger partial charge in [-0.15, -0.1) is 0 Å². The first-order valence-corrected chi connectivity index (χ1v) is 8.33. The van der Waals surface area contributed by atoms with Crippen LogP contribution in [0.5, 0.6) is 0 Å². The molecule has 1 fully saturated rings. The van der Waals surface area contributed by atoms with E-state index in [4.69, 9.17) is 11.6 Å². The fourth-order valence-electron chi connectivity index (χ4n) is 1.92. The summed E-state index contributed by atoms with van der Waals surface area (Å²) < 4.78 is 12.2. The van der Waals surface area contributed by atoms with Crippen molar-refractivity contribution in [3.63, 3.8) is 0 Å². The third-order valence-corrected chi connectivity index (χ3v) is 5.21. The molecule has 1 saturated heterocycles. The topological polar surface area (TPSA) is 29.1 Å². The molecule has 0 aromatic heterocycles. The van der Waals surface area contributed by atoms with Crippen molar-refractivity contribution in [3.05, 3.63) is 33.3 Å². The minimum Gasteiger partial charge on any atom is -0.310 e. The van der Waals surface area contributed by atoms with Crippen LogP contribution in [0.15, 0.2) is 22.7 Å². The van der Waals surface area contributed by atoms with Gasteiger partial charge in [0.1, 0.15) is 0 Å². The molecule has 1 aliphatic heterocycles. The average molecular weight is 337 g/mol. The van der Waals surface area contributed by atoms with Crippen molar-refractivity contribution < 1.29 is 4.21 Å². The summed E-state index contributed by atoms with van der Waals surface area (Å²) in [5.74, 6) is 1.65. The van der Waals surface area contributed by atoms with Crippen molar-refractivity contribution in [1.82, 2.24) is 5.32 Å². The van der Waals surface area contributed by atoms with Crippen LogP contribution >= 0.6 is 27.5 Å². The van der Waals surface area contributed by atoms with Gasteiger partial charge in [-0.2, -0.15) is 0 Å². The molecule has 2 rings (SSSR count). The molecular formula is C12H15BrClNOS. The molecule has 94 valence electrons. The Bertz CT molecular complexity index is 417. The molecule has 0 aliphatic carbocycles. The predicted octanol–water partition coefficient (Wildman–Crippen LogP) is 3.10. The maximum atomic E-state index is 11.2. The molecule has 0 saturated carbocycles. The lowest BCUT2D eigenvalue weighted by atomic mass is 10.1. The van der Waals surface area contributed by atoms with Crippen LogP contribution in [0.1, 0.15) is 18.4 Å². The average Bonchev–Trinajstić information content (AvgIpc) is 2.30. The second-order valence-electron chi connectivity index (χ2n) is 4.24. The number of hydrogen-bond acceptors (Lipinski definition) is 2. The molecule has 1 aromatic rings. The largest absolute Gasteiger partial charge is 0.310 e. The van der Waals surface area contributed by atoms with Crippen LogP contribution in [0, 0.1) is 0 Å². The molecule has 1 aromatic carbocycles. The Hall–Kier alpha value is 0.1000. The first-order chi connectivity index (χ1) is 8.15. The molecule has 0 spiro atoms. The first-order valence-electron chi connectivity index (χ1n) is 5.67. The van der Waals surface area contributed by atoms with E-state index in [1.54, 1.807) is 0 Å². The highest BCUT2D eigenvalue weighted by molar-refractivity contribution is 9.10. The summed E-state index contributed by atoms with van der Waals surface area (Å²) in [5.41, 5.74) is 1.11. The van der Waals surface area contributed by atoms with E-state index < -0.39 is 10.8 Å². The lowest BCUT2D eigenvalue weighted by Gasteiger charge is -2.22. The second-order valence-corrected chi connectivity index (χ2v) is 7.26. The van der Waals surface area contributed by atoms with E-state index in [1.165, 1.54) is 0 Å². The fraction of sp³-hybridized carbons (Fsp3) is 0.500. The van der Waals surface area contributed by atoms with Crippen LogP contribution in [0.3, 0.4) is 0 Å².